The number of fused-ring (bicyclic) bond motifs is 2. The van der Waals surface area contributed by atoms with E-state index in [0.29, 0.717) is 28.5 Å². The fourth-order valence-electron chi connectivity index (χ4n) is 2.58. The molecule has 0 aromatic heterocycles. The smallest absolute Gasteiger partial charge is 0.262 e. The first-order valence-corrected chi connectivity index (χ1v) is 7.38. The van der Waals surface area contributed by atoms with Crippen LogP contribution in [0, 0.1) is 0 Å². The molecule has 120 valence electrons. The number of anilines is 1. The van der Waals surface area contributed by atoms with Crippen LogP contribution in [0.25, 0.3) is 6.08 Å². The van der Waals surface area contributed by atoms with Crippen LogP contribution in [0.1, 0.15) is 15.9 Å². The van der Waals surface area contributed by atoms with E-state index in [1.807, 2.05) is 18.2 Å². The molecule has 0 radical (unpaired) electrons. The molecule has 2 aliphatic heterocycles. The van der Waals surface area contributed by atoms with E-state index in [2.05, 4.69) is 5.32 Å². The van der Waals surface area contributed by atoms with Gasteiger partial charge in [-0.1, -0.05) is 12.1 Å². The average molecular weight is 323 g/mol. The lowest BCUT2D eigenvalue weighted by Crippen LogP contribution is -2.25. The number of carbonyl (C=O) groups is 2. The molecule has 0 spiro atoms. The fourth-order valence-corrected chi connectivity index (χ4v) is 2.58. The summed E-state index contributed by atoms with van der Waals surface area (Å²) in [4.78, 5) is 23.7. The minimum absolute atomic E-state index is 0.0125. The summed E-state index contributed by atoms with van der Waals surface area (Å²) >= 11 is 0. The van der Waals surface area contributed by atoms with Gasteiger partial charge in [0.1, 0.15) is 5.75 Å². The van der Waals surface area contributed by atoms with Crippen LogP contribution in [0.4, 0.5) is 5.69 Å². The van der Waals surface area contributed by atoms with Crippen LogP contribution in [0.2, 0.25) is 0 Å². The molecule has 0 saturated heterocycles. The molecule has 2 aromatic rings. The molecule has 1 N–H and O–H groups in total. The Hall–Kier alpha value is -3.28. The third-order valence-electron chi connectivity index (χ3n) is 3.74. The van der Waals surface area contributed by atoms with Crippen molar-refractivity contribution in [1.29, 1.82) is 0 Å². The zero-order valence-electron chi connectivity index (χ0n) is 12.6. The largest absolute Gasteiger partial charge is 0.482 e. The van der Waals surface area contributed by atoms with Crippen molar-refractivity contribution in [2.45, 2.75) is 0 Å². The molecule has 4 rings (SSSR count). The molecule has 1 amide bonds. The number of benzene rings is 2. The second-order valence-corrected chi connectivity index (χ2v) is 5.33. The molecule has 2 aromatic carbocycles. The van der Waals surface area contributed by atoms with Crippen molar-refractivity contribution in [3.8, 4) is 17.2 Å². The van der Waals surface area contributed by atoms with E-state index in [0.717, 1.165) is 5.56 Å². The Kier molecular flexibility index (Phi) is 3.42. The van der Waals surface area contributed by atoms with Crippen LogP contribution in [0.5, 0.6) is 17.2 Å². The van der Waals surface area contributed by atoms with E-state index in [1.165, 1.54) is 6.08 Å². The SMILES string of the molecule is O=C1COc2ccc(C(=O)/C=C\c3cccc4c3OCO4)cc2N1. The van der Waals surface area contributed by atoms with E-state index >= 15 is 0 Å². The topological polar surface area (TPSA) is 73.9 Å². The maximum Gasteiger partial charge on any atom is 0.262 e. The highest BCUT2D eigenvalue weighted by Gasteiger charge is 2.18. The highest BCUT2D eigenvalue weighted by Crippen LogP contribution is 2.36. The number of allylic oxidation sites excluding steroid dienone is 1. The number of hydrogen-bond acceptors (Lipinski definition) is 5. The van der Waals surface area contributed by atoms with Gasteiger partial charge in [-0.25, -0.2) is 0 Å². The van der Waals surface area contributed by atoms with Crippen molar-refractivity contribution in [3.05, 3.63) is 53.6 Å². The molecule has 0 fully saturated rings. The average Bonchev–Trinajstić information content (AvgIpc) is 3.08. The summed E-state index contributed by atoms with van der Waals surface area (Å²) in [6, 6.07) is 10.4. The zero-order valence-corrected chi connectivity index (χ0v) is 12.6. The third kappa shape index (κ3) is 2.58. The Morgan fingerprint density at radius 2 is 2.00 bits per heavy atom. The number of hydrogen-bond donors (Lipinski definition) is 1. The first kappa shape index (κ1) is 14.3. The van der Waals surface area contributed by atoms with Crippen molar-refractivity contribution < 1.29 is 23.8 Å². The summed E-state index contributed by atoms with van der Waals surface area (Å²) in [7, 11) is 0. The molecule has 0 bridgehead atoms. The van der Waals surface area contributed by atoms with Crippen LogP contribution in [0.3, 0.4) is 0 Å². The third-order valence-corrected chi connectivity index (χ3v) is 3.74. The Bertz CT molecular complexity index is 872. The van der Waals surface area contributed by atoms with Gasteiger partial charge in [0, 0.05) is 11.1 Å². The molecule has 2 aliphatic rings. The Morgan fingerprint density at radius 3 is 2.92 bits per heavy atom. The maximum absolute atomic E-state index is 12.4. The molecule has 24 heavy (non-hydrogen) atoms. The summed E-state index contributed by atoms with van der Waals surface area (Å²) in [6.45, 7) is 0.167. The van der Waals surface area contributed by atoms with Gasteiger partial charge >= 0.3 is 0 Å². The molecular weight excluding hydrogens is 310 g/mol. The van der Waals surface area contributed by atoms with Gasteiger partial charge in [-0.05, 0) is 36.4 Å². The van der Waals surface area contributed by atoms with Crippen LogP contribution >= 0.6 is 0 Å². The van der Waals surface area contributed by atoms with Crippen molar-refractivity contribution in [2.24, 2.45) is 0 Å². The van der Waals surface area contributed by atoms with Gasteiger partial charge in [0.25, 0.3) is 5.91 Å². The maximum atomic E-state index is 12.4. The standard InChI is InChI=1S/C18H13NO5/c20-14(6-4-11-2-1-3-16-18(11)24-10-23-16)12-5-7-15-13(8-12)19-17(21)9-22-15/h1-8H,9-10H2,(H,19,21)/b6-4-. The zero-order chi connectivity index (χ0) is 16.5. The Balaban J connectivity index is 1.58. The number of rotatable bonds is 3. The lowest BCUT2D eigenvalue weighted by atomic mass is 10.1. The van der Waals surface area contributed by atoms with Gasteiger partial charge in [0.15, 0.2) is 23.9 Å². The second-order valence-electron chi connectivity index (χ2n) is 5.33. The molecule has 6 heteroatoms. The van der Waals surface area contributed by atoms with E-state index in [4.69, 9.17) is 14.2 Å². The molecule has 0 unspecified atom stereocenters. The molecule has 0 saturated carbocycles. The van der Waals surface area contributed by atoms with E-state index in [9.17, 15) is 9.59 Å². The van der Waals surface area contributed by atoms with Crippen LogP contribution in [-0.4, -0.2) is 25.1 Å². The first-order chi connectivity index (χ1) is 11.7. The van der Waals surface area contributed by atoms with Gasteiger partial charge in [-0.15, -0.1) is 0 Å². The summed E-state index contributed by atoms with van der Waals surface area (Å²) in [5.74, 6) is 1.43. The van der Waals surface area contributed by atoms with Crippen LogP contribution < -0.4 is 19.5 Å². The number of amides is 1. The van der Waals surface area contributed by atoms with Gasteiger partial charge in [-0.2, -0.15) is 0 Å². The second kappa shape index (κ2) is 5.73. The first-order valence-electron chi connectivity index (χ1n) is 7.38. The van der Waals surface area contributed by atoms with Crippen molar-refractivity contribution in [2.75, 3.05) is 18.7 Å². The number of ketones is 1. The molecule has 0 atom stereocenters. The minimum atomic E-state index is -0.236. The number of nitrogens with one attached hydrogen (secondary N) is 1. The van der Waals surface area contributed by atoms with Crippen LogP contribution in [-0.2, 0) is 4.79 Å². The van der Waals surface area contributed by atoms with Gasteiger partial charge in [0.05, 0.1) is 5.69 Å². The van der Waals surface area contributed by atoms with Gasteiger partial charge in [0.2, 0.25) is 6.79 Å². The van der Waals surface area contributed by atoms with E-state index in [-0.39, 0.29) is 25.1 Å². The highest BCUT2D eigenvalue weighted by molar-refractivity contribution is 6.08. The predicted octanol–water partition coefficient (Wildman–Crippen LogP) is 2.64. The molecule has 0 aliphatic carbocycles. The fraction of sp³-hybridized carbons (Fsp3) is 0.111. The molecule has 6 nitrogen and oxygen atoms in total. The normalized spacial score (nSPS) is 14.9. The number of carbonyl (C=O) groups excluding carboxylic acids is 2. The summed E-state index contributed by atoms with van der Waals surface area (Å²) in [5, 5.41) is 2.69. The lowest BCUT2D eigenvalue weighted by Gasteiger charge is -2.17. The monoisotopic (exact) mass is 323 g/mol. The number of para-hydroxylation sites is 1. The predicted molar refractivity (Wildman–Crippen MR) is 86.5 cm³/mol. The van der Waals surface area contributed by atoms with Crippen LogP contribution in [0.15, 0.2) is 42.5 Å². The van der Waals surface area contributed by atoms with Crippen molar-refractivity contribution in [3.63, 3.8) is 0 Å². The summed E-state index contributed by atoms with van der Waals surface area (Å²) in [5.41, 5.74) is 1.73. The molecular formula is C18H13NO5. The Morgan fingerprint density at radius 1 is 1.08 bits per heavy atom. The van der Waals surface area contributed by atoms with Gasteiger partial charge < -0.3 is 19.5 Å². The summed E-state index contributed by atoms with van der Waals surface area (Å²) < 4.78 is 16.0. The van der Waals surface area contributed by atoms with Crippen molar-refractivity contribution >= 4 is 23.5 Å². The lowest BCUT2D eigenvalue weighted by molar-refractivity contribution is -0.118. The van der Waals surface area contributed by atoms with Gasteiger partial charge in [-0.3, -0.25) is 9.59 Å². The highest BCUT2D eigenvalue weighted by atomic mass is 16.7. The van der Waals surface area contributed by atoms with Crippen molar-refractivity contribution in [1.82, 2.24) is 0 Å². The molecule has 2 heterocycles. The summed E-state index contributed by atoms with van der Waals surface area (Å²) in [6.07, 6.45) is 3.15. The minimum Gasteiger partial charge on any atom is -0.482 e. The number of ether oxygens (including phenoxy) is 3. The quantitative estimate of drug-likeness (QED) is 0.694. The van der Waals surface area contributed by atoms with E-state index in [1.54, 1.807) is 24.3 Å². The van der Waals surface area contributed by atoms with E-state index < -0.39 is 0 Å². The Labute approximate surface area is 137 Å².